The maximum absolute atomic E-state index is 12.1. The minimum absolute atomic E-state index is 0.0110. The van der Waals surface area contributed by atoms with Gasteiger partial charge in [0.1, 0.15) is 0 Å². The van der Waals surface area contributed by atoms with Gasteiger partial charge in [-0.1, -0.05) is 34.6 Å². The number of allylic oxidation sites excluding steroid dienone is 2. The molecule has 1 fully saturated rings. The van der Waals surface area contributed by atoms with Gasteiger partial charge in [-0.15, -0.1) is 0 Å². The summed E-state index contributed by atoms with van der Waals surface area (Å²) in [4.78, 5) is 24.5. The van der Waals surface area contributed by atoms with Crippen molar-refractivity contribution < 1.29 is 19.4 Å². The van der Waals surface area contributed by atoms with E-state index in [2.05, 4.69) is 11.4 Å². The molecule has 0 aromatic rings. The first-order valence-electron chi connectivity index (χ1n) is 8.81. The molecule has 5 nitrogen and oxygen atoms in total. The Bertz CT molecular complexity index is 485. The number of amides is 1. The van der Waals surface area contributed by atoms with Crippen molar-refractivity contribution in [2.24, 2.45) is 0 Å². The number of carboxylic acids is 1. The summed E-state index contributed by atoms with van der Waals surface area (Å²) in [6, 6.07) is 0. The highest BCUT2D eigenvalue weighted by atomic mass is 33.1. The first-order chi connectivity index (χ1) is 11.7. The quantitative estimate of drug-likeness (QED) is 0.403. The minimum Gasteiger partial charge on any atom is -0.481 e. The first kappa shape index (κ1) is 22.4. The fraction of sp³-hybridized carbons (Fsp3) is 0.778. The van der Waals surface area contributed by atoms with E-state index in [1.54, 1.807) is 6.92 Å². The number of carbonyl (C=O) groups is 2. The third kappa shape index (κ3) is 9.56. The summed E-state index contributed by atoms with van der Waals surface area (Å²) in [7, 11) is 3.73. The lowest BCUT2D eigenvalue weighted by molar-refractivity contribution is -0.147. The maximum atomic E-state index is 12.1. The Morgan fingerprint density at radius 1 is 1.36 bits per heavy atom. The van der Waals surface area contributed by atoms with Crippen LogP contribution in [0.5, 0.6) is 0 Å². The van der Waals surface area contributed by atoms with Gasteiger partial charge in [0.25, 0.3) is 0 Å². The number of aliphatic carboxylic acids is 1. The van der Waals surface area contributed by atoms with Gasteiger partial charge in [-0.3, -0.25) is 9.59 Å². The second-order valence-electron chi connectivity index (χ2n) is 7.31. The van der Waals surface area contributed by atoms with Gasteiger partial charge in [-0.25, -0.2) is 0 Å². The molecule has 2 N–H and O–H groups in total. The van der Waals surface area contributed by atoms with Crippen LogP contribution in [0.3, 0.4) is 0 Å². The Kier molecular flexibility index (Phi) is 9.38. The number of nitrogens with one attached hydrogen (secondary N) is 1. The summed E-state index contributed by atoms with van der Waals surface area (Å²) in [6.07, 6.45) is 6.21. The molecule has 1 aliphatic rings. The van der Waals surface area contributed by atoms with Crippen LogP contribution in [-0.2, 0) is 14.3 Å². The Hall–Kier alpha value is -0.660. The lowest BCUT2D eigenvalue weighted by Crippen LogP contribution is -2.49. The van der Waals surface area contributed by atoms with Gasteiger partial charge >= 0.3 is 5.97 Å². The number of hydrogen-bond acceptors (Lipinski definition) is 5. The van der Waals surface area contributed by atoms with Crippen LogP contribution in [-0.4, -0.2) is 40.5 Å². The number of hydrogen-bond donors (Lipinski definition) is 2. The molecule has 0 aliphatic carbocycles. The molecule has 1 unspecified atom stereocenters. The first-order valence-corrected chi connectivity index (χ1v) is 11.1. The molecule has 1 rings (SSSR count). The molecule has 1 amide bonds. The van der Waals surface area contributed by atoms with Crippen molar-refractivity contribution in [3.8, 4) is 0 Å². The third-order valence-electron chi connectivity index (χ3n) is 4.11. The van der Waals surface area contributed by atoms with Crippen LogP contribution in [0.4, 0.5) is 0 Å². The van der Waals surface area contributed by atoms with E-state index in [-0.39, 0.29) is 18.9 Å². The zero-order chi connectivity index (χ0) is 18.9. The molecule has 0 radical (unpaired) electrons. The average molecular weight is 390 g/mol. The van der Waals surface area contributed by atoms with Crippen molar-refractivity contribution in [1.29, 1.82) is 0 Å². The van der Waals surface area contributed by atoms with Crippen LogP contribution < -0.4 is 5.32 Å². The Labute approximate surface area is 159 Å². The zero-order valence-corrected chi connectivity index (χ0v) is 17.4. The molecule has 7 heteroatoms. The molecule has 144 valence electrons. The summed E-state index contributed by atoms with van der Waals surface area (Å²) in [5.41, 5.74) is -1.24. The van der Waals surface area contributed by atoms with Crippen LogP contribution in [0.25, 0.3) is 0 Å². The minimum atomic E-state index is -0.876. The number of ether oxygens (including phenoxy) is 1. The van der Waals surface area contributed by atoms with Gasteiger partial charge in [0.2, 0.25) is 5.91 Å². The maximum Gasteiger partial charge on any atom is 0.306 e. The van der Waals surface area contributed by atoms with Gasteiger partial charge in [0.15, 0.2) is 0 Å². The molecule has 1 atom stereocenters. The molecule has 1 aliphatic heterocycles. The topological polar surface area (TPSA) is 75.6 Å². The van der Waals surface area contributed by atoms with E-state index in [0.717, 1.165) is 19.3 Å². The van der Waals surface area contributed by atoms with Crippen LogP contribution in [0.1, 0.15) is 66.2 Å². The monoisotopic (exact) mass is 389 g/mol. The predicted molar refractivity (Wildman–Crippen MR) is 106 cm³/mol. The van der Waals surface area contributed by atoms with Crippen LogP contribution in [0.2, 0.25) is 0 Å². The molecule has 1 saturated heterocycles. The summed E-state index contributed by atoms with van der Waals surface area (Å²) < 4.78 is 5.84. The Morgan fingerprint density at radius 3 is 2.64 bits per heavy atom. The summed E-state index contributed by atoms with van der Waals surface area (Å²) in [5.74, 6) is 0.319. The van der Waals surface area contributed by atoms with Gasteiger partial charge in [-0.05, 0) is 51.4 Å². The van der Waals surface area contributed by atoms with Gasteiger partial charge in [-0.2, -0.15) is 0 Å². The van der Waals surface area contributed by atoms with Crippen molar-refractivity contribution in [1.82, 2.24) is 5.32 Å². The second kappa shape index (κ2) is 10.5. The fourth-order valence-corrected chi connectivity index (χ4v) is 4.84. The normalized spacial score (nSPS) is 19.0. The standard InChI is InChI=1S/C18H31NO4S2/c1-5-18(4,12-16(21)22)23-13-17(2,3)19-15(20)9-7-6-8-14-10-11-24-25-14/h8H,5-7,9-13H2,1-4H3,(H,19,20)(H,21,22)/b14-8-. The fourth-order valence-electron chi connectivity index (χ4n) is 2.39. The molecular formula is C18H31NO4S2. The largest absolute Gasteiger partial charge is 0.481 e. The number of unbranched alkanes of at least 4 members (excludes halogenated alkanes) is 1. The smallest absolute Gasteiger partial charge is 0.306 e. The molecule has 0 bridgehead atoms. The van der Waals surface area contributed by atoms with E-state index >= 15 is 0 Å². The number of carboxylic acid groups (broad SMARTS) is 1. The lowest BCUT2D eigenvalue weighted by Gasteiger charge is -2.33. The van der Waals surface area contributed by atoms with E-state index < -0.39 is 17.1 Å². The van der Waals surface area contributed by atoms with E-state index in [9.17, 15) is 9.59 Å². The van der Waals surface area contributed by atoms with Crippen molar-refractivity contribution in [3.63, 3.8) is 0 Å². The number of carbonyl (C=O) groups excluding carboxylic acids is 1. The van der Waals surface area contributed by atoms with Gasteiger partial charge in [0.05, 0.1) is 24.2 Å². The Morgan fingerprint density at radius 2 is 2.08 bits per heavy atom. The van der Waals surface area contributed by atoms with E-state index in [0.29, 0.717) is 12.8 Å². The van der Waals surface area contributed by atoms with Crippen molar-refractivity contribution in [2.75, 3.05) is 12.4 Å². The molecular weight excluding hydrogens is 358 g/mol. The summed E-state index contributed by atoms with van der Waals surface area (Å²) in [5, 5.41) is 12.0. The molecule has 0 saturated carbocycles. The molecule has 0 aromatic heterocycles. The molecule has 1 heterocycles. The SMILES string of the molecule is CCC(C)(CC(=O)O)OCC(C)(C)NC(=O)CCC/C=C1/CCSS1. The van der Waals surface area contributed by atoms with Gasteiger partial charge < -0.3 is 15.2 Å². The van der Waals surface area contributed by atoms with E-state index in [1.807, 2.05) is 42.4 Å². The predicted octanol–water partition coefficient (Wildman–Crippen LogP) is 4.38. The highest BCUT2D eigenvalue weighted by Crippen LogP contribution is 2.40. The molecule has 0 spiro atoms. The van der Waals surface area contributed by atoms with Crippen LogP contribution >= 0.6 is 21.6 Å². The van der Waals surface area contributed by atoms with Crippen molar-refractivity contribution >= 4 is 33.5 Å². The van der Waals surface area contributed by atoms with Crippen LogP contribution in [0, 0.1) is 0 Å². The van der Waals surface area contributed by atoms with Crippen molar-refractivity contribution in [2.45, 2.75) is 77.4 Å². The zero-order valence-electron chi connectivity index (χ0n) is 15.7. The van der Waals surface area contributed by atoms with Crippen molar-refractivity contribution in [3.05, 3.63) is 11.0 Å². The van der Waals surface area contributed by atoms with Gasteiger partial charge in [0, 0.05) is 12.2 Å². The van der Waals surface area contributed by atoms with E-state index in [1.165, 1.54) is 10.7 Å². The highest BCUT2D eigenvalue weighted by Gasteiger charge is 2.30. The lowest BCUT2D eigenvalue weighted by atomic mass is 9.98. The summed E-state index contributed by atoms with van der Waals surface area (Å²) >= 11 is 0. The Balaban J connectivity index is 2.33. The third-order valence-corrected chi connectivity index (χ3v) is 6.68. The molecule has 25 heavy (non-hydrogen) atoms. The van der Waals surface area contributed by atoms with E-state index in [4.69, 9.17) is 9.84 Å². The van der Waals surface area contributed by atoms with Crippen LogP contribution in [0.15, 0.2) is 11.0 Å². The highest BCUT2D eigenvalue weighted by molar-refractivity contribution is 8.78. The molecule has 0 aromatic carbocycles. The summed E-state index contributed by atoms with van der Waals surface area (Å²) in [6.45, 7) is 7.79. The average Bonchev–Trinajstić information content (AvgIpc) is 3.02. The number of rotatable bonds is 11. The second-order valence-corrected chi connectivity index (χ2v) is 9.85.